The maximum Gasteiger partial charge on any atom is 0.239 e. The van der Waals surface area contributed by atoms with E-state index in [0.29, 0.717) is 35.2 Å². The molecule has 1 aromatic carbocycles. The molecule has 1 saturated carbocycles. The number of amides is 2. The van der Waals surface area contributed by atoms with E-state index in [2.05, 4.69) is 5.32 Å². The Balaban J connectivity index is 1.71. The number of rotatable bonds is 4. The molecular formula is C17H21Cl2N3O2. The number of halogens is 2. The maximum atomic E-state index is 12.7. The van der Waals surface area contributed by atoms with Gasteiger partial charge in [0.2, 0.25) is 11.8 Å². The molecule has 1 heterocycles. The van der Waals surface area contributed by atoms with Gasteiger partial charge in [-0.1, -0.05) is 36.0 Å². The van der Waals surface area contributed by atoms with Gasteiger partial charge in [-0.15, -0.1) is 0 Å². The molecule has 1 aliphatic carbocycles. The summed E-state index contributed by atoms with van der Waals surface area (Å²) >= 11 is 11.9. The Morgan fingerprint density at radius 2 is 2.00 bits per heavy atom. The van der Waals surface area contributed by atoms with Crippen molar-refractivity contribution in [2.75, 3.05) is 18.0 Å². The second kappa shape index (κ2) is 6.90. The van der Waals surface area contributed by atoms with Crippen molar-refractivity contribution in [1.29, 1.82) is 0 Å². The maximum absolute atomic E-state index is 12.7. The molecule has 0 aromatic heterocycles. The first kappa shape index (κ1) is 17.5. The molecule has 2 fully saturated rings. The van der Waals surface area contributed by atoms with Crippen molar-refractivity contribution in [2.24, 2.45) is 11.7 Å². The van der Waals surface area contributed by atoms with E-state index in [1.165, 1.54) is 0 Å². The van der Waals surface area contributed by atoms with Crippen LogP contribution in [0.1, 0.15) is 32.1 Å². The summed E-state index contributed by atoms with van der Waals surface area (Å²) in [5.41, 5.74) is 6.19. The van der Waals surface area contributed by atoms with E-state index in [-0.39, 0.29) is 17.4 Å². The van der Waals surface area contributed by atoms with Crippen molar-refractivity contribution < 1.29 is 9.59 Å². The third-order valence-corrected chi connectivity index (χ3v) is 5.82. The zero-order valence-electron chi connectivity index (χ0n) is 13.4. The summed E-state index contributed by atoms with van der Waals surface area (Å²) in [6, 6.07) is 5.05. The van der Waals surface area contributed by atoms with E-state index in [1.54, 1.807) is 23.1 Å². The second-order valence-corrected chi connectivity index (χ2v) is 7.42. The summed E-state index contributed by atoms with van der Waals surface area (Å²) in [6.45, 7) is 0.903. The molecule has 2 aliphatic rings. The minimum atomic E-state index is -0.663. The normalized spacial score (nSPS) is 22.9. The Bertz CT molecular complexity index is 659. The fraction of sp³-hybridized carbons (Fsp3) is 0.529. The van der Waals surface area contributed by atoms with Crippen molar-refractivity contribution in [3.63, 3.8) is 0 Å². The molecular weight excluding hydrogens is 349 g/mol. The summed E-state index contributed by atoms with van der Waals surface area (Å²) in [4.78, 5) is 26.9. The number of nitrogens with two attached hydrogens (primary N) is 1. The van der Waals surface area contributed by atoms with Crippen LogP contribution in [0.25, 0.3) is 0 Å². The van der Waals surface area contributed by atoms with E-state index in [4.69, 9.17) is 28.9 Å². The average molecular weight is 370 g/mol. The molecule has 5 nitrogen and oxygen atoms in total. The van der Waals surface area contributed by atoms with Gasteiger partial charge in [0.05, 0.1) is 15.6 Å². The van der Waals surface area contributed by atoms with Crippen LogP contribution in [0.2, 0.25) is 10.0 Å². The predicted octanol–water partition coefficient (Wildman–Crippen LogP) is 2.73. The highest BCUT2D eigenvalue weighted by Gasteiger charge is 2.41. The summed E-state index contributed by atoms with van der Waals surface area (Å²) in [5, 5.41) is 3.88. The van der Waals surface area contributed by atoms with Crippen LogP contribution < -0.4 is 16.0 Å². The van der Waals surface area contributed by atoms with Crippen molar-refractivity contribution >= 4 is 40.7 Å². The van der Waals surface area contributed by atoms with E-state index >= 15 is 0 Å². The molecule has 24 heavy (non-hydrogen) atoms. The summed E-state index contributed by atoms with van der Waals surface area (Å²) in [7, 11) is 0. The molecule has 0 radical (unpaired) electrons. The van der Waals surface area contributed by atoms with Crippen LogP contribution in [0, 0.1) is 5.92 Å². The average Bonchev–Trinajstić information content (AvgIpc) is 3.17. The second-order valence-electron chi connectivity index (χ2n) is 6.61. The van der Waals surface area contributed by atoms with Gasteiger partial charge in [-0.3, -0.25) is 9.59 Å². The quantitative estimate of drug-likeness (QED) is 0.801. The Labute approximate surface area is 151 Å². The van der Waals surface area contributed by atoms with Crippen molar-refractivity contribution in [2.45, 2.75) is 37.6 Å². The Morgan fingerprint density at radius 1 is 1.29 bits per heavy atom. The lowest BCUT2D eigenvalue weighted by Gasteiger charge is -2.29. The Kier molecular flexibility index (Phi) is 5.04. The highest BCUT2D eigenvalue weighted by molar-refractivity contribution is 6.42. The number of nitrogens with one attached hydrogen (secondary N) is 1. The fourth-order valence-corrected chi connectivity index (χ4v) is 3.91. The number of carbonyl (C=O) groups excluding carboxylic acids is 2. The minimum absolute atomic E-state index is 0.198. The topological polar surface area (TPSA) is 75.4 Å². The number of anilines is 1. The number of benzene rings is 1. The number of hydrogen-bond donors (Lipinski definition) is 2. The third-order valence-electron chi connectivity index (χ3n) is 5.08. The van der Waals surface area contributed by atoms with E-state index in [9.17, 15) is 9.59 Å². The number of nitrogens with zero attached hydrogens (tertiary/aromatic N) is 1. The van der Waals surface area contributed by atoms with Gasteiger partial charge in [-0.2, -0.15) is 0 Å². The van der Waals surface area contributed by atoms with Crippen LogP contribution in [-0.4, -0.2) is 30.4 Å². The Morgan fingerprint density at radius 3 is 2.62 bits per heavy atom. The molecule has 0 bridgehead atoms. The van der Waals surface area contributed by atoms with Gasteiger partial charge in [0.1, 0.15) is 5.92 Å². The van der Waals surface area contributed by atoms with Crippen molar-refractivity contribution in [1.82, 2.24) is 5.32 Å². The molecule has 1 aromatic rings. The lowest BCUT2D eigenvalue weighted by atomic mass is 9.96. The first-order chi connectivity index (χ1) is 11.5. The molecule has 1 aliphatic heterocycles. The first-order valence-electron chi connectivity index (χ1n) is 8.24. The zero-order chi connectivity index (χ0) is 17.3. The number of hydrogen-bond acceptors (Lipinski definition) is 3. The van der Waals surface area contributed by atoms with Crippen LogP contribution in [0.3, 0.4) is 0 Å². The molecule has 2 amide bonds. The largest absolute Gasteiger partial charge is 0.349 e. The van der Waals surface area contributed by atoms with Gasteiger partial charge in [0, 0.05) is 18.8 Å². The summed E-state index contributed by atoms with van der Waals surface area (Å²) in [5.74, 6) is -1.07. The highest BCUT2D eigenvalue weighted by atomic mass is 35.5. The van der Waals surface area contributed by atoms with Crippen molar-refractivity contribution in [3.05, 3.63) is 28.2 Å². The van der Waals surface area contributed by atoms with Crippen molar-refractivity contribution in [3.8, 4) is 0 Å². The molecule has 0 spiro atoms. The molecule has 3 rings (SSSR count). The van der Waals surface area contributed by atoms with Gasteiger partial charge in [0.25, 0.3) is 0 Å². The van der Waals surface area contributed by atoms with E-state index in [0.717, 1.165) is 25.7 Å². The van der Waals surface area contributed by atoms with Gasteiger partial charge in [-0.25, -0.2) is 0 Å². The SMILES string of the molecule is NCC1(NC(=O)C2CCN(c3ccc(Cl)c(Cl)c3)C2=O)CCCC1. The standard InChI is InChI=1S/C17H21Cl2N3O2/c18-13-4-3-11(9-14(13)19)22-8-5-12(16(22)24)15(23)21-17(10-20)6-1-2-7-17/h3-4,9,12H,1-2,5-8,10,20H2,(H,21,23). The number of carbonyl (C=O) groups is 2. The van der Waals surface area contributed by atoms with Crippen LogP contribution in [0.15, 0.2) is 18.2 Å². The van der Waals surface area contributed by atoms with E-state index < -0.39 is 5.92 Å². The van der Waals surface area contributed by atoms with Crippen LogP contribution in [-0.2, 0) is 9.59 Å². The lowest BCUT2D eigenvalue weighted by Crippen LogP contribution is -2.54. The van der Waals surface area contributed by atoms with E-state index in [1.807, 2.05) is 0 Å². The van der Waals surface area contributed by atoms with Gasteiger partial charge < -0.3 is 16.0 Å². The van der Waals surface area contributed by atoms with Gasteiger partial charge in [0.15, 0.2) is 0 Å². The molecule has 1 saturated heterocycles. The van der Waals surface area contributed by atoms with Gasteiger partial charge >= 0.3 is 0 Å². The minimum Gasteiger partial charge on any atom is -0.349 e. The van der Waals surface area contributed by atoms with Crippen LogP contribution >= 0.6 is 23.2 Å². The summed E-state index contributed by atoms with van der Waals surface area (Å²) in [6.07, 6.45) is 4.38. The monoisotopic (exact) mass is 369 g/mol. The molecule has 1 unspecified atom stereocenters. The third kappa shape index (κ3) is 3.25. The molecule has 130 valence electrons. The lowest BCUT2D eigenvalue weighted by molar-refractivity contribution is -0.133. The Hall–Kier alpha value is -1.30. The smallest absolute Gasteiger partial charge is 0.239 e. The van der Waals surface area contributed by atoms with Crippen LogP contribution in [0.4, 0.5) is 5.69 Å². The zero-order valence-corrected chi connectivity index (χ0v) is 14.9. The highest BCUT2D eigenvalue weighted by Crippen LogP contribution is 2.33. The molecule has 7 heteroatoms. The molecule has 1 atom stereocenters. The van der Waals surface area contributed by atoms with Crippen LogP contribution in [0.5, 0.6) is 0 Å². The first-order valence-corrected chi connectivity index (χ1v) is 9.00. The summed E-state index contributed by atoms with van der Waals surface area (Å²) < 4.78 is 0. The fourth-order valence-electron chi connectivity index (χ4n) is 3.61. The molecule has 3 N–H and O–H groups in total. The predicted molar refractivity (Wildman–Crippen MR) is 95.3 cm³/mol. The van der Waals surface area contributed by atoms with Gasteiger partial charge in [-0.05, 0) is 37.5 Å².